The highest BCUT2D eigenvalue weighted by molar-refractivity contribution is 7.18. The van der Waals surface area contributed by atoms with Crippen molar-refractivity contribution in [3.63, 3.8) is 0 Å². The molecule has 3 rings (SSSR count). The lowest BCUT2D eigenvalue weighted by Gasteiger charge is -2.17. The van der Waals surface area contributed by atoms with E-state index in [-0.39, 0.29) is 23.0 Å². The summed E-state index contributed by atoms with van der Waals surface area (Å²) in [6, 6.07) is 16.8. The van der Waals surface area contributed by atoms with Crippen LogP contribution in [0.3, 0.4) is 0 Å². The Morgan fingerprint density at radius 1 is 1.08 bits per heavy atom. The van der Waals surface area contributed by atoms with Gasteiger partial charge < -0.3 is 10.0 Å². The average Bonchev–Trinajstić information content (AvgIpc) is 3.09. The summed E-state index contributed by atoms with van der Waals surface area (Å²) in [6.45, 7) is 0. The van der Waals surface area contributed by atoms with Gasteiger partial charge in [-0.2, -0.15) is 0 Å². The summed E-state index contributed by atoms with van der Waals surface area (Å²) in [4.78, 5) is 26.4. The summed E-state index contributed by atoms with van der Waals surface area (Å²) in [5.74, 6) is -1.71. The Morgan fingerprint density at radius 2 is 1.73 bits per heavy atom. The van der Waals surface area contributed by atoms with E-state index in [0.717, 1.165) is 21.8 Å². The second-order valence-corrected chi connectivity index (χ2v) is 6.80. The van der Waals surface area contributed by atoms with E-state index in [1.165, 1.54) is 17.0 Å². The molecule has 0 spiro atoms. The number of carboxylic acids is 1. The highest BCUT2D eigenvalue weighted by Crippen LogP contribution is 2.36. The number of amides is 1. The fourth-order valence-electron chi connectivity index (χ4n) is 2.56. The monoisotopic (exact) mass is 369 g/mol. The van der Waals surface area contributed by atoms with E-state index in [4.69, 9.17) is 0 Å². The van der Waals surface area contributed by atoms with E-state index in [1.807, 2.05) is 30.3 Å². The Balaban J connectivity index is 1.89. The average molecular weight is 369 g/mol. The fourth-order valence-corrected chi connectivity index (χ4v) is 3.59. The van der Waals surface area contributed by atoms with Gasteiger partial charge in [-0.1, -0.05) is 42.5 Å². The molecule has 0 aliphatic heterocycles. The normalized spacial score (nSPS) is 10.5. The van der Waals surface area contributed by atoms with Crippen LogP contribution in [-0.2, 0) is 11.2 Å². The maximum absolute atomic E-state index is 13.0. The molecule has 3 aromatic rings. The van der Waals surface area contributed by atoms with Crippen LogP contribution in [0.2, 0.25) is 0 Å². The van der Waals surface area contributed by atoms with E-state index in [2.05, 4.69) is 0 Å². The van der Waals surface area contributed by atoms with Crippen LogP contribution >= 0.6 is 11.3 Å². The Hall–Kier alpha value is -2.99. The molecule has 1 aromatic heterocycles. The van der Waals surface area contributed by atoms with Crippen molar-refractivity contribution >= 4 is 28.9 Å². The maximum Gasteiger partial charge on any atom is 0.348 e. The molecule has 0 aliphatic rings. The summed E-state index contributed by atoms with van der Waals surface area (Å²) in [5, 5.41) is 9.51. The molecule has 0 unspecified atom stereocenters. The second kappa shape index (κ2) is 7.49. The van der Waals surface area contributed by atoms with E-state index in [9.17, 15) is 19.1 Å². The molecule has 26 heavy (non-hydrogen) atoms. The number of aromatic carboxylic acids is 1. The minimum absolute atomic E-state index is 0.0619. The van der Waals surface area contributed by atoms with Crippen molar-refractivity contribution in [2.45, 2.75) is 6.42 Å². The summed E-state index contributed by atoms with van der Waals surface area (Å²) in [7, 11) is 1.55. The first-order valence-electron chi connectivity index (χ1n) is 7.89. The predicted molar refractivity (Wildman–Crippen MR) is 100 cm³/mol. The molecule has 1 N–H and O–H groups in total. The van der Waals surface area contributed by atoms with Crippen LogP contribution in [0.25, 0.3) is 10.4 Å². The van der Waals surface area contributed by atoms with Gasteiger partial charge in [-0.05, 0) is 29.3 Å². The molecule has 2 aromatic carbocycles. The van der Waals surface area contributed by atoms with Crippen molar-refractivity contribution in [1.29, 1.82) is 0 Å². The van der Waals surface area contributed by atoms with Crippen molar-refractivity contribution in [1.82, 2.24) is 0 Å². The highest BCUT2D eigenvalue weighted by Gasteiger charge is 2.22. The molecule has 0 atom stereocenters. The number of anilines is 1. The van der Waals surface area contributed by atoms with Crippen LogP contribution in [0.5, 0.6) is 0 Å². The molecular formula is C20H16FNO3S. The van der Waals surface area contributed by atoms with Gasteiger partial charge >= 0.3 is 5.97 Å². The zero-order valence-electron chi connectivity index (χ0n) is 14.0. The molecule has 0 saturated carbocycles. The van der Waals surface area contributed by atoms with E-state index in [0.29, 0.717) is 11.3 Å². The van der Waals surface area contributed by atoms with Crippen molar-refractivity contribution in [2.75, 3.05) is 11.9 Å². The Kier molecular flexibility index (Phi) is 5.14. The third-order valence-corrected chi connectivity index (χ3v) is 5.13. The van der Waals surface area contributed by atoms with Crippen LogP contribution in [0, 0.1) is 5.82 Å². The Bertz CT molecular complexity index is 935. The Labute approximate surface area is 154 Å². The van der Waals surface area contributed by atoms with Crippen molar-refractivity contribution in [3.8, 4) is 10.4 Å². The number of halogens is 1. The van der Waals surface area contributed by atoms with Crippen LogP contribution in [-0.4, -0.2) is 24.0 Å². The number of hydrogen-bond acceptors (Lipinski definition) is 3. The molecule has 0 radical (unpaired) electrons. The number of carboxylic acid groups (broad SMARTS) is 1. The molecule has 0 fully saturated rings. The molecule has 0 saturated heterocycles. The van der Waals surface area contributed by atoms with Crippen LogP contribution in [0.15, 0.2) is 60.7 Å². The summed E-state index contributed by atoms with van der Waals surface area (Å²) >= 11 is 1.13. The molecule has 4 nitrogen and oxygen atoms in total. The number of benzene rings is 2. The number of nitrogens with zero attached hydrogens (tertiary/aromatic N) is 1. The van der Waals surface area contributed by atoms with Crippen molar-refractivity contribution in [2.24, 2.45) is 0 Å². The van der Waals surface area contributed by atoms with E-state index in [1.54, 1.807) is 25.2 Å². The minimum atomic E-state index is -1.08. The summed E-state index contributed by atoms with van der Waals surface area (Å²) in [6.07, 6.45) is 0.0619. The molecule has 1 amide bonds. The van der Waals surface area contributed by atoms with Crippen molar-refractivity contribution in [3.05, 3.63) is 76.9 Å². The lowest BCUT2D eigenvalue weighted by Crippen LogP contribution is -2.28. The van der Waals surface area contributed by atoms with Crippen LogP contribution in [0.1, 0.15) is 15.2 Å². The predicted octanol–water partition coefficient (Wildman–Crippen LogP) is 4.46. The van der Waals surface area contributed by atoms with Gasteiger partial charge in [-0.3, -0.25) is 4.79 Å². The summed E-state index contributed by atoms with van der Waals surface area (Å²) < 4.78 is 13.0. The quantitative estimate of drug-likeness (QED) is 0.722. The van der Waals surface area contributed by atoms with Gasteiger partial charge in [0.1, 0.15) is 10.7 Å². The van der Waals surface area contributed by atoms with Gasteiger partial charge in [0.05, 0.1) is 12.1 Å². The molecule has 6 heteroatoms. The Morgan fingerprint density at radius 3 is 2.35 bits per heavy atom. The first-order valence-corrected chi connectivity index (χ1v) is 8.71. The third-order valence-electron chi connectivity index (χ3n) is 3.97. The number of hydrogen-bond donors (Lipinski definition) is 1. The van der Waals surface area contributed by atoms with Crippen LogP contribution < -0.4 is 4.90 Å². The standard InChI is InChI=1S/C20H16FNO3S/c1-22(18(23)11-13-7-9-15(21)10-8-13)16-12-17(26-19(16)20(24)25)14-5-3-2-4-6-14/h2-10,12H,11H2,1H3,(H,24,25). The highest BCUT2D eigenvalue weighted by atomic mass is 32.1. The zero-order valence-corrected chi connectivity index (χ0v) is 14.8. The minimum Gasteiger partial charge on any atom is -0.477 e. The maximum atomic E-state index is 13.0. The van der Waals surface area contributed by atoms with Gasteiger partial charge in [0.15, 0.2) is 0 Å². The smallest absolute Gasteiger partial charge is 0.348 e. The number of carbonyl (C=O) groups is 2. The van der Waals surface area contributed by atoms with Gasteiger partial charge in [-0.15, -0.1) is 11.3 Å². The fraction of sp³-hybridized carbons (Fsp3) is 0.100. The lowest BCUT2D eigenvalue weighted by atomic mass is 10.1. The van der Waals surface area contributed by atoms with Gasteiger partial charge in [0.2, 0.25) is 5.91 Å². The van der Waals surface area contributed by atoms with Crippen LogP contribution in [0.4, 0.5) is 10.1 Å². The van der Waals surface area contributed by atoms with Gasteiger partial charge in [0.25, 0.3) is 0 Å². The first kappa shape index (κ1) is 17.8. The van der Waals surface area contributed by atoms with Gasteiger partial charge in [-0.25, -0.2) is 9.18 Å². The first-order chi connectivity index (χ1) is 12.5. The molecule has 1 heterocycles. The largest absolute Gasteiger partial charge is 0.477 e. The van der Waals surface area contributed by atoms with E-state index < -0.39 is 5.97 Å². The second-order valence-electron chi connectivity index (χ2n) is 5.75. The molecule has 0 bridgehead atoms. The lowest BCUT2D eigenvalue weighted by molar-refractivity contribution is -0.117. The van der Waals surface area contributed by atoms with Crippen molar-refractivity contribution < 1.29 is 19.1 Å². The topological polar surface area (TPSA) is 57.6 Å². The molecule has 132 valence electrons. The number of thiophene rings is 1. The SMILES string of the molecule is CN(C(=O)Cc1ccc(F)cc1)c1cc(-c2ccccc2)sc1C(=O)O. The third kappa shape index (κ3) is 3.81. The molecule has 0 aliphatic carbocycles. The number of likely N-dealkylation sites (N-methyl/N-ethyl adjacent to an activating group) is 1. The summed E-state index contributed by atoms with van der Waals surface area (Å²) in [5.41, 5.74) is 1.91. The zero-order chi connectivity index (χ0) is 18.7. The number of rotatable bonds is 5. The van der Waals surface area contributed by atoms with Gasteiger partial charge in [0, 0.05) is 11.9 Å². The van der Waals surface area contributed by atoms with E-state index >= 15 is 0 Å². The molecular weight excluding hydrogens is 353 g/mol. The number of carbonyl (C=O) groups excluding carboxylic acids is 1.